The van der Waals surface area contributed by atoms with Crippen molar-refractivity contribution in [2.75, 3.05) is 11.4 Å². The Morgan fingerprint density at radius 2 is 1.85 bits per heavy atom. The molecule has 6 nitrogen and oxygen atoms in total. The van der Waals surface area contributed by atoms with E-state index in [-0.39, 0.29) is 17.6 Å². The largest absolute Gasteiger partial charge is 0.346 e. The Morgan fingerprint density at radius 1 is 1.00 bits per heavy atom. The summed E-state index contributed by atoms with van der Waals surface area (Å²) in [5.41, 5.74) is 0.901. The lowest BCUT2D eigenvalue weighted by Gasteiger charge is -2.29. The molecule has 1 atom stereocenters. The zero-order valence-electron chi connectivity index (χ0n) is 15.3. The number of para-hydroxylation sites is 1. The normalized spacial score (nSPS) is 20.6. The van der Waals surface area contributed by atoms with E-state index in [2.05, 4.69) is 14.9 Å². The smallest absolute Gasteiger partial charge is 0.261 e. The van der Waals surface area contributed by atoms with Crippen LogP contribution in [0, 0.1) is 0 Å². The molecule has 1 aliphatic carbocycles. The van der Waals surface area contributed by atoms with Gasteiger partial charge in [-0.1, -0.05) is 25.0 Å². The van der Waals surface area contributed by atoms with Gasteiger partial charge in [-0.05, 0) is 43.9 Å². The summed E-state index contributed by atoms with van der Waals surface area (Å²) >= 11 is 0. The minimum atomic E-state index is 0.0813. The fraction of sp³-hybridized carbons (Fsp3) is 0.429. The van der Waals surface area contributed by atoms with Crippen LogP contribution in [0.25, 0.3) is 10.9 Å². The Labute approximate surface area is 157 Å². The summed E-state index contributed by atoms with van der Waals surface area (Å²) < 4.78 is 2.01. The third-order valence-electron chi connectivity index (χ3n) is 5.94. The van der Waals surface area contributed by atoms with E-state index in [4.69, 9.17) is 4.98 Å². The Balaban J connectivity index is 1.69. The van der Waals surface area contributed by atoms with Crippen LogP contribution in [0.15, 0.2) is 47.7 Å². The first-order chi connectivity index (χ1) is 13.3. The second-order valence-corrected chi connectivity index (χ2v) is 7.52. The first kappa shape index (κ1) is 16.4. The molecule has 0 spiro atoms. The Morgan fingerprint density at radius 3 is 2.67 bits per heavy atom. The van der Waals surface area contributed by atoms with Crippen molar-refractivity contribution in [3.8, 4) is 0 Å². The van der Waals surface area contributed by atoms with Crippen LogP contribution in [0.5, 0.6) is 0 Å². The molecular formula is C21H23N5O. The minimum absolute atomic E-state index is 0.0813. The highest BCUT2D eigenvalue weighted by molar-refractivity contribution is 5.77. The molecule has 138 valence electrons. The van der Waals surface area contributed by atoms with Gasteiger partial charge in [0.2, 0.25) is 0 Å². The van der Waals surface area contributed by atoms with E-state index >= 15 is 0 Å². The molecule has 3 aromatic rings. The molecule has 0 radical (unpaired) electrons. The van der Waals surface area contributed by atoms with Gasteiger partial charge in [-0.2, -0.15) is 0 Å². The first-order valence-corrected chi connectivity index (χ1v) is 9.87. The number of nitrogens with zero attached hydrogens (tertiary/aromatic N) is 5. The van der Waals surface area contributed by atoms with Crippen molar-refractivity contribution < 1.29 is 0 Å². The predicted octanol–water partition coefficient (Wildman–Crippen LogP) is 3.64. The van der Waals surface area contributed by atoms with Gasteiger partial charge in [0.1, 0.15) is 18.0 Å². The molecule has 1 saturated carbocycles. The Bertz CT molecular complexity index is 1010. The highest BCUT2D eigenvalue weighted by Gasteiger charge is 2.33. The molecule has 2 fully saturated rings. The fourth-order valence-electron chi connectivity index (χ4n) is 4.68. The Hall–Kier alpha value is -2.76. The van der Waals surface area contributed by atoms with Gasteiger partial charge in [0.25, 0.3) is 5.56 Å². The molecule has 0 N–H and O–H groups in total. The van der Waals surface area contributed by atoms with Crippen molar-refractivity contribution in [1.29, 1.82) is 0 Å². The van der Waals surface area contributed by atoms with Crippen LogP contribution in [0.4, 0.5) is 5.82 Å². The molecule has 1 aliphatic heterocycles. The number of hydrogen-bond acceptors (Lipinski definition) is 5. The van der Waals surface area contributed by atoms with Gasteiger partial charge >= 0.3 is 0 Å². The average molecular weight is 361 g/mol. The van der Waals surface area contributed by atoms with E-state index in [1.807, 2.05) is 34.9 Å². The lowest BCUT2D eigenvalue weighted by Crippen LogP contribution is -2.34. The van der Waals surface area contributed by atoms with Crippen LogP contribution in [-0.4, -0.2) is 26.1 Å². The number of anilines is 1. The monoisotopic (exact) mass is 361 g/mol. The van der Waals surface area contributed by atoms with Gasteiger partial charge in [0.05, 0.1) is 16.9 Å². The molecule has 2 aromatic heterocycles. The maximum absolute atomic E-state index is 13.4. The van der Waals surface area contributed by atoms with Crippen LogP contribution in [0.3, 0.4) is 0 Å². The summed E-state index contributed by atoms with van der Waals surface area (Å²) in [7, 11) is 0. The van der Waals surface area contributed by atoms with Crippen molar-refractivity contribution in [2.24, 2.45) is 0 Å². The molecule has 0 amide bonds. The average Bonchev–Trinajstić information content (AvgIpc) is 3.41. The van der Waals surface area contributed by atoms with Crippen LogP contribution >= 0.6 is 0 Å². The summed E-state index contributed by atoms with van der Waals surface area (Å²) in [6.07, 6.45) is 9.91. The number of aromatic nitrogens is 4. The third kappa shape index (κ3) is 2.80. The second-order valence-electron chi connectivity index (χ2n) is 7.52. The van der Waals surface area contributed by atoms with Gasteiger partial charge in [-0.25, -0.2) is 15.0 Å². The number of hydrogen-bond donors (Lipinski definition) is 0. The van der Waals surface area contributed by atoms with E-state index in [0.717, 1.165) is 54.8 Å². The molecule has 1 aromatic carbocycles. The summed E-state index contributed by atoms with van der Waals surface area (Å²) in [6.45, 7) is 0.926. The molecule has 1 unspecified atom stereocenters. The van der Waals surface area contributed by atoms with Crippen molar-refractivity contribution in [1.82, 2.24) is 19.5 Å². The zero-order valence-corrected chi connectivity index (χ0v) is 15.3. The molecule has 1 saturated heterocycles. The Kier molecular flexibility index (Phi) is 4.11. The minimum Gasteiger partial charge on any atom is -0.346 e. The SMILES string of the molecule is O=c1c2ccccc2nc(C2CCCN2c2ccncn2)n1C1CCCC1. The van der Waals surface area contributed by atoms with Gasteiger partial charge in [-0.15, -0.1) is 0 Å². The van der Waals surface area contributed by atoms with Crippen molar-refractivity contribution in [3.63, 3.8) is 0 Å². The van der Waals surface area contributed by atoms with Crippen LogP contribution in [-0.2, 0) is 0 Å². The van der Waals surface area contributed by atoms with Crippen LogP contribution in [0.2, 0.25) is 0 Å². The molecule has 0 bridgehead atoms. The summed E-state index contributed by atoms with van der Waals surface area (Å²) in [4.78, 5) is 29.2. The standard InChI is InChI=1S/C21H23N5O/c27-21-16-8-3-4-9-17(16)24-20(26(21)15-6-1-2-7-15)18-10-5-13-25(18)19-11-12-22-14-23-19/h3-4,8-9,11-12,14-15,18H,1-2,5-7,10,13H2. The van der Waals surface area contributed by atoms with E-state index in [1.54, 1.807) is 12.5 Å². The van der Waals surface area contributed by atoms with Gasteiger partial charge in [0, 0.05) is 18.8 Å². The summed E-state index contributed by atoms with van der Waals surface area (Å²) in [6, 6.07) is 10.0. The highest BCUT2D eigenvalue weighted by Crippen LogP contribution is 2.37. The lowest BCUT2D eigenvalue weighted by atomic mass is 10.1. The van der Waals surface area contributed by atoms with Gasteiger partial charge in [0.15, 0.2) is 0 Å². The number of benzene rings is 1. The van der Waals surface area contributed by atoms with Crippen molar-refractivity contribution in [3.05, 3.63) is 59.0 Å². The van der Waals surface area contributed by atoms with E-state index in [9.17, 15) is 4.79 Å². The van der Waals surface area contributed by atoms with E-state index in [0.29, 0.717) is 0 Å². The van der Waals surface area contributed by atoms with Gasteiger partial charge in [-0.3, -0.25) is 9.36 Å². The molecular weight excluding hydrogens is 338 g/mol. The fourth-order valence-corrected chi connectivity index (χ4v) is 4.68. The summed E-state index contributed by atoms with van der Waals surface area (Å²) in [5, 5.41) is 0.722. The van der Waals surface area contributed by atoms with Crippen molar-refractivity contribution in [2.45, 2.75) is 50.6 Å². The quantitative estimate of drug-likeness (QED) is 0.713. The second kappa shape index (κ2) is 6.76. The highest BCUT2D eigenvalue weighted by atomic mass is 16.1. The number of fused-ring (bicyclic) bond motifs is 1. The maximum atomic E-state index is 13.4. The summed E-state index contributed by atoms with van der Waals surface area (Å²) in [5.74, 6) is 1.81. The van der Waals surface area contributed by atoms with E-state index < -0.39 is 0 Å². The first-order valence-electron chi connectivity index (χ1n) is 9.87. The molecule has 5 rings (SSSR count). The topological polar surface area (TPSA) is 63.9 Å². The van der Waals surface area contributed by atoms with Crippen molar-refractivity contribution >= 4 is 16.7 Å². The predicted molar refractivity (Wildman–Crippen MR) is 105 cm³/mol. The molecule has 6 heteroatoms. The number of rotatable bonds is 3. The zero-order chi connectivity index (χ0) is 18.2. The molecule has 2 aliphatic rings. The van der Waals surface area contributed by atoms with E-state index in [1.165, 1.54) is 12.8 Å². The van der Waals surface area contributed by atoms with Gasteiger partial charge < -0.3 is 4.90 Å². The maximum Gasteiger partial charge on any atom is 0.261 e. The van der Waals surface area contributed by atoms with Crippen LogP contribution < -0.4 is 10.5 Å². The lowest BCUT2D eigenvalue weighted by molar-refractivity contribution is 0.454. The van der Waals surface area contributed by atoms with Crippen LogP contribution in [0.1, 0.15) is 56.4 Å². The third-order valence-corrected chi connectivity index (χ3v) is 5.94. The molecule has 27 heavy (non-hydrogen) atoms. The molecule has 3 heterocycles.